The molecule has 0 saturated carbocycles. The monoisotopic (exact) mass is 456 g/mol. The van der Waals surface area contributed by atoms with E-state index in [0.717, 1.165) is 12.1 Å². The Morgan fingerprint density at radius 2 is 1.87 bits per heavy atom. The lowest BCUT2D eigenvalue weighted by molar-refractivity contribution is -0.153. The van der Waals surface area contributed by atoms with E-state index in [1.54, 1.807) is 12.1 Å². The summed E-state index contributed by atoms with van der Waals surface area (Å²) in [6, 6.07) is 11.0. The molecule has 11 heteroatoms. The Balaban J connectivity index is 1.76. The Morgan fingerprint density at radius 1 is 1.10 bits per heavy atom. The molecule has 156 valence electrons. The average molecular weight is 457 g/mol. The summed E-state index contributed by atoms with van der Waals surface area (Å²) in [6.45, 7) is -1.60. The summed E-state index contributed by atoms with van der Waals surface area (Å²) < 4.78 is 70.6. The highest BCUT2D eigenvalue weighted by Gasteiger charge is 2.30. The minimum Gasteiger partial charge on any atom is -0.482 e. The molecule has 0 aliphatic carbocycles. The lowest BCUT2D eigenvalue weighted by Gasteiger charge is -2.16. The first-order chi connectivity index (χ1) is 14.0. The van der Waals surface area contributed by atoms with E-state index in [0.29, 0.717) is 16.6 Å². The molecule has 4 rings (SSSR count). The van der Waals surface area contributed by atoms with Crippen LogP contribution < -0.4 is 14.8 Å². The summed E-state index contributed by atoms with van der Waals surface area (Å²) >= 11 is 5.88. The lowest BCUT2D eigenvalue weighted by atomic mass is 10.1. The number of hydrogen-bond donors (Lipinski definition) is 2. The first-order valence-electron chi connectivity index (χ1n) is 8.44. The van der Waals surface area contributed by atoms with Crippen LogP contribution in [0, 0.1) is 0 Å². The van der Waals surface area contributed by atoms with Gasteiger partial charge in [-0.1, -0.05) is 23.7 Å². The molecule has 1 amide bonds. The van der Waals surface area contributed by atoms with Crippen LogP contribution in [0.2, 0.25) is 5.02 Å². The molecule has 3 aromatic rings. The van der Waals surface area contributed by atoms with Gasteiger partial charge in [-0.3, -0.25) is 9.52 Å². The fourth-order valence-electron chi connectivity index (χ4n) is 3.16. The molecule has 1 heterocycles. The molecule has 2 N–H and O–H groups in total. The third-order valence-electron chi connectivity index (χ3n) is 4.36. The number of hydrogen-bond acceptors (Lipinski definition) is 4. The van der Waals surface area contributed by atoms with Crippen molar-refractivity contribution in [3.05, 3.63) is 59.1 Å². The van der Waals surface area contributed by atoms with E-state index in [-0.39, 0.29) is 32.6 Å². The Hall–Kier alpha value is -2.98. The van der Waals surface area contributed by atoms with Gasteiger partial charge in [-0.15, -0.1) is 0 Å². The number of alkyl halides is 3. The van der Waals surface area contributed by atoms with E-state index in [9.17, 15) is 26.4 Å². The normalized spacial score (nSPS) is 13.4. The second-order valence-corrected chi connectivity index (χ2v) is 8.53. The molecule has 30 heavy (non-hydrogen) atoms. The van der Waals surface area contributed by atoms with Crippen LogP contribution in [0.5, 0.6) is 5.75 Å². The standard InChI is InChI=1S/C19H12ClF3N2O4S/c20-10-4-6-15(29-9-19(21,22)23)14(8-10)25-30(27,28)16-7-5-13-17-11(16)2-1-3-12(17)18(26)24-13/h1-8,25H,9H2,(H,24,26). The number of carbonyl (C=O) groups excluding carboxylic acids is 1. The third kappa shape index (κ3) is 3.75. The number of carbonyl (C=O) groups is 1. The Bertz CT molecular complexity index is 1290. The zero-order valence-corrected chi connectivity index (χ0v) is 16.5. The van der Waals surface area contributed by atoms with Gasteiger partial charge in [0.1, 0.15) is 5.75 Å². The summed E-state index contributed by atoms with van der Waals surface area (Å²) in [5.41, 5.74) is 0.558. The van der Waals surface area contributed by atoms with Crippen molar-refractivity contribution in [3.8, 4) is 5.75 Å². The van der Waals surface area contributed by atoms with Crippen molar-refractivity contribution in [2.24, 2.45) is 0 Å². The molecule has 0 spiro atoms. The zero-order valence-electron chi connectivity index (χ0n) is 14.9. The van der Waals surface area contributed by atoms with Crippen molar-refractivity contribution in [2.45, 2.75) is 11.1 Å². The van der Waals surface area contributed by atoms with Gasteiger partial charge in [0.2, 0.25) is 0 Å². The van der Waals surface area contributed by atoms with E-state index < -0.39 is 22.8 Å². The summed E-state index contributed by atoms with van der Waals surface area (Å²) in [5.74, 6) is -0.682. The number of sulfonamides is 1. The van der Waals surface area contributed by atoms with Crippen molar-refractivity contribution in [2.75, 3.05) is 16.6 Å². The van der Waals surface area contributed by atoms with Gasteiger partial charge in [-0.2, -0.15) is 13.2 Å². The molecule has 6 nitrogen and oxygen atoms in total. The van der Waals surface area contributed by atoms with Gasteiger partial charge in [0, 0.05) is 27.0 Å². The highest BCUT2D eigenvalue weighted by Crippen LogP contribution is 2.38. The molecule has 0 radical (unpaired) electrons. The first kappa shape index (κ1) is 20.3. The second kappa shape index (κ2) is 7.06. The molecule has 3 aromatic carbocycles. The topological polar surface area (TPSA) is 84.5 Å². The minimum atomic E-state index is -4.60. The van der Waals surface area contributed by atoms with Gasteiger partial charge in [0.15, 0.2) is 6.61 Å². The lowest BCUT2D eigenvalue weighted by Crippen LogP contribution is -2.20. The zero-order chi connectivity index (χ0) is 21.7. The number of rotatable bonds is 5. The van der Waals surface area contributed by atoms with E-state index in [1.807, 2.05) is 0 Å². The van der Waals surface area contributed by atoms with Crippen molar-refractivity contribution in [3.63, 3.8) is 0 Å². The molecule has 1 aliphatic rings. The summed E-state index contributed by atoms with van der Waals surface area (Å²) in [7, 11) is -4.27. The predicted molar refractivity (Wildman–Crippen MR) is 106 cm³/mol. The maximum absolute atomic E-state index is 13.1. The average Bonchev–Trinajstić information content (AvgIpc) is 2.98. The van der Waals surface area contributed by atoms with Gasteiger partial charge < -0.3 is 10.1 Å². The van der Waals surface area contributed by atoms with Crippen molar-refractivity contribution in [1.29, 1.82) is 0 Å². The molecular formula is C19H12ClF3N2O4S. The first-order valence-corrected chi connectivity index (χ1v) is 10.3. The van der Waals surface area contributed by atoms with Crippen molar-refractivity contribution in [1.82, 2.24) is 0 Å². The van der Waals surface area contributed by atoms with Crippen LogP contribution in [0.25, 0.3) is 10.8 Å². The van der Waals surface area contributed by atoms with E-state index in [4.69, 9.17) is 16.3 Å². The molecule has 1 aliphatic heterocycles. The maximum atomic E-state index is 13.1. The van der Waals surface area contributed by atoms with Crippen LogP contribution in [0.15, 0.2) is 53.4 Å². The highest BCUT2D eigenvalue weighted by atomic mass is 35.5. The maximum Gasteiger partial charge on any atom is 0.422 e. The predicted octanol–water partition coefficient (Wildman–Crippen LogP) is 4.80. The van der Waals surface area contributed by atoms with Crippen LogP contribution in [0.3, 0.4) is 0 Å². The number of amides is 1. The number of nitrogens with one attached hydrogen (secondary N) is 2. The smallest absolute Gasteiger partial charge is 0.422 e. The highest BCUT2D eigenvalue weighted by molar-refractivity contribution is 7.93. The molecule has 0 saturated heterocycles. The summed E-state index contributed by atoms with van der Waals surface area (Å²) in [5, 5.41) is 3.48. The molecule has 0 atom stereocenters. The second-order valence-electron chi connectivity index (χ2n) is 6.44. The summed E-state index contributed by atoms with van der Waals surface area (Å²) in [4.78, 5) is 11.9. The van der Waals surface area contributed by atoms with Crippen LogP contribution in [0.1, 0.15) is 10.4 Å². The van der Waals surface area contributed by atoms with Crippen molar-refractivity contribution >= 4 is 49.7 Å². The Kier molecular flexibility index (Phi) is 4.78. The molecule has 0 fully saturated rings. The van der Waals surface area contributed by atoms with Crippen LogP contribution >= 0.6 is 11.6 Å². The number of ether oxygens (including phenoxy) is 1. The molecule has 0 bridgehead atoms. The van der Waals surface area contributed by atoms with Gasteiger partial charge in [-0.25, -0.2) is 8.42 Å². The minimum absolute atomic E-state index is 0.0993. The SMILES string of the molecule is O=C1Nc2ccc(S(=O)(=O)Nc3cc(Cl)ccc3OCC(F)(F)F)c3cccc1c23. The van der Waals surface area contributed by atoms with Crippen LogP contribution in [-0.2, 0) is 10.0 Å². The van der Waals surface area contributed by atoms with Crippen LogP contribution in [0.4, 0.5) is 24.5 Å². The van der Waals surface area contributed by atoms with Gasteiger partial charge in [-0.05, 0) is 36.4 Å². The van der Waals surface area contributed by atoms with Gasteiger partial charge in [0.05, 0.1) is 10.6 Å². The largest absolute Gasteiger partial charge is 0.482 e. The number of benzene rings is 3. The fraction of sp³-hybridized carbons (Fsp3) is 0.105. The summed E-state index contributed by atoms with van der Waals surface area (Å²) in [6.07, 6.45) is -4.60. The van der Waals surface area contributed by atoms with Crippen LogP contribution in [-0.4, -0.2) is 27.1 Å². The molecular weight excluding hydrogens is 445 g/mol. The van der Waals surface area contributed by atoms with E-state index >= 15 is 0 Å². The van der Waals surface area contributed by atoms with Gasteiger partial charge in [0.25, 0.3) is 15.9 Å². The van der Waals surface area contributed by atoms with E-state index in [2.05, 4.69) is 10.0 Å². The number of anilines is 2. The van der Waals surface area contributed by atoms with Crippen molar-refractivity contribution < 1.29 is 31.1 Å². The third-order valence-corrected chi connectivity index (χ3v) is 6.02. The quantitative estimate of drug-likeness (QED) is 0.577. The molecule has 0 unspecified atom stereocenters. The fourth-order valence-corrected chi connectivity index (χ4v) is 4.60. The van der Waals surface area contributed by atoms with E-state index in [1.165, 1.54) is 24.3 Å². The Labute approximate surface area is 173 Å². The molecule has 0 aromatic heterocycles. The Morgan fingerprint density at radius 3 is 2.60 bits per heavy atom. The number of halogens is 4. The van der Waals surface area contributed by atoms with Gasteiger partial charge >= 0.3 is 6.18 Å².